The number of benzene rings is 4. The van der Waals surface area contributed by atoms with E-state index in [1.165, 1.54) is 6.07 Å². The molecule has 0 bridgehead atoms. The van der Waals surface area contributed by atoms with Gasteiger partial charge in [0.1, 0.15) is 5.75 Å². The first-order chi connectivity index (χ1) is 16.9. The van der Waals surface area contributed by atoms with Gasteiger partial charge in [0.15, 0.2) is 0 Å². The third-order valence-corrected chi connectivity index (χ3v) is 7.27. The van der Waals surface area contributed by atoms with Gasteiger partial charge in [0, 0.05) is 17.8 Å². The maximum atomic E-state index is 13.7. The zero-order chi connectivity index (χ0) is 24.6. The molecular weight excluding hydrogens is 460 g/mol. The fourth-order valence-electron chi connectivity index (χ4n) is 4.56. The van der Waals surface area contributed by atoms with Gasteiger partial charge in [-0.3, -0.25) is 4.79 Å². The zero-order valence-electron chi connectivity index (χ0n) is 19.1. The van der Waals surface area contributed by atoms with Crippen LogP contribution in [0.15, 0.2) is 95.9 Å². The van der Waals surface area contributed by atoms with Crippen molar-refractivity contribution in [3.05, 3.63) is 102 Å². The van der Waals surface area contributed by atoms with E-state index in [9.17, 15) is 13.2 Å². The Morgan fingerprint density at radius 2 is 1.43 bits per heavy atom. The summed E-state index contributed by atoms with van der Waals surface area (Å²) in [6.45, 7) is 0.561. The van der Waals surface area contributed by atoms with Crippen molar-refractivity contribution in [3.8, 4) is 28.0 Å². The number of carbonyl (C=O) groups excluding carboxylic acids is 1. The van der Waals surface area contributed by atoms with Gasteiger partial charge in [-0.15, -0.1) is 0 Å². The normalized spacial score (nSPS) is 13.4. The lowest BCUT2D eigenvalue weighted by Crippen LogP contribution is -2.38. The number of amides is 1. The molecule has 0 saturated carbocycles. The Morgan fingerprint density at radius 3 is 2.11 bits per heavy atom. The highest BCUT2D eigenvalue weighted by Gasteiger charge is 2.28. The average molecular weight is 485 g/mol. The summed E-state index contributed by atoms with van der Waals surface area (Å²) in [4.78, 5) is 15.5. The average Bonchev–Trinajstić information content (AvgIpc) is 2.88. The topological polar surface area (TPSA) is 89.7 Å². The molecule has 1 heterocycles. The van der Waals surface area contributed by atoms with Crippen molar-refractivity contribution in [2.75, 3.05) is 18.6 Å². The summed E-state index contributed by atoms with van der Waals surface area (Å²) >= 11 is 0. The number of primary sulfonamides is 1. The maximum absolute atomic E-state index is 13.7. The summed E-state index contributed by atoms with van der Waals surface area (Å²) in [7, 11) is -2.24. The first-order valence-corrected chi connectivity index (χ1v) is 12.7. The zero-order valence-corrected chi connectivity index (χ0v) is 20.0. The Balaban J connectivity index is 1.49. The minimum atomic E-state index is -3.86. The number of fused-ring (bicyclic) bond motifs is 1. The predicted molar refractivity (Wildman–Crippen MR) is 137 cm³/mol. The van der Waals surface area contributed by atoms with Crippen LogP contribution >= 0.6 is 0 Å². The number of ether oxygens (including phenoxy) is 1. The van der Waals surface area contributed by atoms with Gasteiger partial charge >= 0.3 is 0 Å². The molecule has 1 aliphatic heterocycles. The second-order valence-corrected chi connectivity index (χ2v) is 9.89. The van der Waals surface area contributed by atoms with Crippen LogP contribution in [-0.4, -0.2) is 28.0 Å². The van der Waals surface area contributed by atoms with Crippen molar-refractivity contribution in [2.45, 2.75) is 11.3 Å². The Kier molecular flexibility index (Phi) is 5.88. The number of rotatable bonds is 5. The SMILES string of the molecule is COc1ccc(-c2cccc3c2C(=O)N(c2ccc(-c4ccccc4S(N)(=O)=O)cc2)CC3)cc1. The van der Waals surface area contributed by atoms with Crippen molar-refractivity contribution in [3.63, 3.8) is 0 Å². The van der Waals surface area contributed by atoms with Crippen LogP contribution in [0.1, 0.15) is 15.9 Å². The van der Waals surface area contributed by atoms with E-state index in [1.807, 2.05) is 66.7 Å². The molecule has 2 N–H and O–H groups in total. The Labute approximate surface area is 204 Å². The fourth-order valence-corrected chi connectivity index (χ4v) is 5.32. The number of hydrogen-bond donors (Lipinski definition) is 1. The van der Waals surface area contributed by atoms with Crippen molar-refractivity contribution >= 4 is 21.6 Å². The molecule has 35 heavy (non-hydrogen) atoms. The summed E-state index contributed by atoms with van der Waals surface area (Å²) in [6.07, 6.45) is 0.737. The number of carbonyl (C=O) groups is 1. The van der Waals surface area contributed by atoms with E-state index in [1.54, 1.807) is 30.2 Å². The number of hydrogen-bond acceptors (Lipinski definition) is 4. The number of sulfonamides is 1. The smallest absolute Gasteiger partial charge is 0.259 e. The highest BCUT2D eigenvalue weighted by molar-refractivity contribution is 7.89. The van der Waals surface area contributed by atoms with E-state index in [0.717, 1.165) is 34.5 Å². The fraction of sp³-hybridized carbons (Fsp3) is 0.107. The molecule has 0 saturated heterocycles. The molecule has 0 aliphatic carbocycles. The molecule has 4 aromatic carbocycles. The summed E-state index contributed by atoms with van der Waals surface area (Å²) in [5, 5.41) is 5.40. The Morgan fingerprint density at radius 1 is 0.800 bits per heavy atom. The maximum Gasteiger partial charge on any atom is 0.259 e. The molecule has 7 heteroatoms. The molecule has 0 spiro atoms. The van der Waals surface area contributed by atoms with Gasteiger partial charge in [0.2, 0.25) is 10.0 Å². The van der Waals surface area contributed by atoms with E-state index < -0.39 is 10.0 Å². The van der Waals surface area contributed by atoms with Crippen LogP contribution in [0.5, 0.6) is 5.75 Å². The van der Waals surface area contributed by atoms with E-state index >= 15 is 0 Å². The lowest BCUT2D eigenvalue weighted by Gasteiger charge is -2.30. The molecule has 176 valence electrons. The minimum Gasteiger partial charge on any atom is -0.497 e. The van der Waals surface area contributed by atoms with E-state index in [-0.39, 0.29) is 10.8 Å². The van der Waals surface area contributed by atoms with E-state index in [4.69, 9.17) is 9.88 Å². The van der Waals surface area contributed by atoms with Crippen LogP contribution in [-0.2, 0) is 16.4 Å². The van der Waals surface area contributed by atoms with Crippen LogP contribution in [0.3, 0.4) is 0 Å². The third kappa shape index (κ3) is 4.32. The largest absolute Gasteiger partial charge is 0.497 e. The monoisotopic (exact) mass is 484 g/mol. The van der Waals surface area contributed by atoms with Crippen molar-refractivity contribution in [1.82, 2.24) is 0 Å². The van der Waals surface area contributed by atoms with Crippen LogP contribution in [0.2, 0.25) is 0 Å². The lowest BCUT2D eigenvalue weighted by molar-refractivity contribution is 0.0981. The molecule has 0 atom stereocenters. The summed E-state index contributed by atoms with van der Waals surface area (Å²) in [5.41, 5.74) is 5.56. The van der Waals surface area contributed by atoms with Crippen LogP contribution in [0.25, 0.3) is 22.3 Å². The van der Waals surface area contributed by atoms with Gasteiger partial charge in [-0.05, 0) is 59.0 Å². The molecule has 1 amide bonds. The number of nitrogens with zero attached hydrogens (tertiary/aromatic N) is 1. The molecular formula is C28H24N2O4S. The van der Waals surface area contributed by atoms with Gasteiger partial charge in [0.05, 0.1) is 17.6 Å². The molecule has 5 rings (SSSR count). The minimum absolute atomic E-state index is 0.0599. The number of nitrogens with two attached hydrogens (primary N) is 1. The van der Waals surface area contributed by atoms with Crippen molar-refractivity contribution in [2.24, 2.45) is 5.14 Å². The Bertz CT molecular complexity index is 1510. The first-order valence-electron chi connectivity index (χ1n) is 11.2. The molecule has 4 aromatic rings. The second kappa shape index (κ2) is 9.02. The van der Waals surface area contributed by atoms with Gasteiger partial charge in [-0.2, -0.15) is 0 Å². The third-order valence-electron chi connectivity index (χ3n) is 6.30. The van der Waals surface area contributed by atoms with Gasteiger partial charge in [-0.25, -0.2) is 13.6 Å². The molecule has 6 nitrogen and oxygen atoms in total. The van der Waals surface area contributed by atoms with Crippen LogP contribution in [0.4, 0.5) is 5.69 Å². The van der Waals surface area contributed by atoms with Gasteiger partial charge < -0.3 is 9.64 Å². The van der Waals surface area contributed by atoms with Crippen molar-refractivity contribution in [1.29, 1.82) is 0 Å². The number of anilines is 1. The Hall–Kier alpha value is -3.94. The van der Waals surface area contributed by atoms with Gasteiger partial charge in [-0.1, -0.05) is 60.7 Å². The highest BCUT2D eigenvalue weighted by atomic mass is 32.2. The molecule has 0 radical (unpaired) electrons. The highest BCUT2D eigenvalue weighted by Crippen LogP contribution is 2.34. The summed E-state index contributed by atoms with van der Waals surface area (Å²) in [6, 6.07) is 27.6. The predicted octanol–water partition coefficient (Wildman–Crippen LogP) is 4.88. The standard InChI is InChI=1S/C28H24N2O4S/c1-34-23-15-11-20(12-16-23)25-7-4-5-21-17-18-30(28(31)27(21)25)22-13-9-19(10-14-22)24-6-2-3-8-26(24)35(29,32)33/h2-16H,17-18H2,1H3,(H2,29,32,33). The van der Waals surface area contributed by atoms with Gasteiger partial charge in [0.25, 0.3) is 5.91 Å². The second-order valence-electron chi connectivity index (χ2n) is 8.36. The first kappa shape index (κ1) is 22.8. The number of methoxy groups -OCH3 is 1. The van der Waals surface area contributed by atoms with Crippen LogP contribution < -0.4 is 14.8 Å². The quantitative estimate of drug-likeness (QED) is 0.437. The summed E-state index contributed by atoms with van der Waals surface area (Å²) in [5.74, 6) is 0.700. The molecule has 1 aliphatic rings. The molecule has 0 unspecified atom stereocenters. The van der Waals surface area contributed by atoms with Crippen LogP contribution in [0, 0.1) is 0 Å². The van der Waals surface area contributed by atoms with E-state index in [2.05, 4.69) is 0 Å². The molecule has 0 fully saturated rings. The van der Waals surface area contributed by atoms with Crippen molar-refractivity contribution < 1.29 is 17.9 Å². The lowest BCUT2D eigenvalue weighted by atomic mass is 9.90. The molecule has 0 aromatic heterocycles. The van der Waals surface area contributed by atoms with E-state index in [0.29, 0.717) is 23.2 Å². The summed E-state index contributed by atoms with van der Waals surface area (Å²) < 4.78 is 29.3.